The van der Waals surface area contributed by atoms with Crippen molar-refractivity contribution in [1.29, 1.82) is 0 Å². The predicted octanol–water partition coefficient (Wildman–Crippen LogP) is 3.77. The van der Waals surface area contributed by atoms with E-state index < -0.39 is 0 Å². The maximum absolute atomic E-state index is 13.3. The minimum atomic E-state index is -0.101. The summed E-state index contributed by atoms with van der Waals surface area (Å²) in [7, 11) is 0. The molecule has 0 aliphatic heterocycles. The molecule has 94 valence electrons. The summed E-state index contributed by atoms with van der Waals surface area (Å²) in [5.74, 6) is 0.430. The molecule has 0 bridgehead atoms. The van der Waals surface area contributed by atoms with Gasteiger partial charge < -0.3 is 5.32 Å². The zero-order valence-electron chi connectivity index (χ0n) is 10.8. The first-order chi connectivity index (χ1) is 8.20. The van der Waals surface area contributed by atoms with Crippen LogP contribution in [-0.4, -0.2) is 12.6 Å². The van der Waals surface area contributed by atoms with E-state index in [9.17, 15) is 4.39 Å². The van der Waals surface area contributed by atoms with Gasteiger partial charge in [0.1, 0.15) is 5.82 Å². The average molecular weight is 235 g/mol. The van der Waals surface area contributed by atoms with Crippen LogP contribution in [0.4, 0.5) is 4.39 Å². The molecule has 1 nitrogen and oxygen atoms in total. The van der Waals surface area contributed by atoms with Gasteiger partial charge >= 0.3 is 0 Å². The highest BCUT2D eigenvalue weighted by Gasteiger charge is 2.23. The van der Waals surface area contributed by atoms with E-state index in [0.717, 1.165) is 13.0 Å². The Morgan fingerprint density at radius 3 is 2.94 bits per heavy atom. The molecule has 0 spiro atoms. The van der Waals surface area contributed by atoms with E-state index in [2.05, 4.69) is 19.2 Å². The number of hydrogen-bond donors (Lipinski definition) is 1. The first-order valence-electron chi connectivity index (χ1n) is 6.70. The van der Waals surface area contributed by atoms with Crippen LogP contribution in [0.5, 0.6) is 0 Å². The minimum absolute atomic E-state index is 0.101. The molecule has 2 rings (SSSR count). The first kappa shape index (κ1) is 12.6. The maximum Gasteiger partial charge on any atom is 0.123 e. The summed E-state index contributed by atoms with van der Waals surface area (Å²) in [5, 5.41) is 3.52. The van der Waals surface area contributed by atoms with Crippen molar-refractivity contribution < 1.29 is 4.39 Å². The number of nitrogens with one attached hydrogen (secondary N) is 1. The van der Waals surface area contributed by atoms with Crippen LogP contribution in [0.1, 0.15) is 49.7 Å². The van der Waals surface area contributed by atoms with Crippen molar-refractivity contribution in [1.82, 2.24) is 5.32 Å². The van der Waals surface area contributed by atoms with Crippen LogP contribution in [0.25, 0.3) is 0 Å². The summed E-state index contributed by atoms with van der Waals surface area (Å²) in [6.07, 6.45) is 4.86. The van der Waals surface area contributed by atoms with E-state index in [-0.39, 0.29) is 5.82 Å². The van der Waals surface area contributed by atoms with Crippen LogP contribution in [0.2, 0.25) is 0 Å². The molecule has 1 aliphatic carbocycles. The minimum Gasteiger partial charge on any atom is -0.314 e. The van der Waals surface area contributed by atoms with Gasteiger partial charge in [0, 0.05) is 6.04 Å². The van der Waals surface area contributed by atoms with Gasteiger partial charge in [0.15, 0.2) is 0 Å². The molecular formula is C15H22FN. The Morgan fingerprint density at radius 1 is 1.35 bits per heavy atom. The molecule has 0 radical (unpaired) electrons. The summed E-state index contributed by atoms with van der Waals surface area (Å²) in [6.45, 7) is 5.27. The van der Waals surface area contributed by atoms with Crippen LogP contribution in [0, 0.1) is 12.7 Å². The van der Waals surface area contributed by atoms with Gasteiger partial charge in [-0.1, -0.05) is 19.4 Å². The molecular weight excluding hydrogens is 213 g/mol. The quantitative estimate of drug-likeness (QED) is 0.841. The third-order valence-corrected chi connectivity index (χ3v) is 3.85. The van der Waals surface area contributed by atoms with Crippen LogP contribution in [0.15, 0.2) is 18.2 Å². The molecule has 1 N–H and O–H groups in total. The smallest absolute Gasteiger partial charge is 0.123 e. The third-order valence-electron chi connectivity index (χ3n) is 3.85. The van der Waals surface area contributed by atoms with Gasteiger partial charge in [-0.25, -0.2) is 4.39 Å². The molecule has 0 aromatic heterocycles. The Balaban J connectivity index is 2.13. The van der Waals surface area contributed by atoms with Crippen molar-refractivity contribution in [3.05, 3.63) is 35.1 Å². The van der Waals surface area contributed by atoms with Gasteiger partial charge in [0.05, 0.1) is 0 Å². The molecule has 2 heteroatoms. The summed E-state index contributed by atoms with van der Waals surface area (Å²) >= 11 is 0. The lowest BCUT2D eigenvalue weighted by Gasteiger charge is -2.30. The molecule has 0 amide bonds. The predicted molar refractivity (Wildman–Crippen MR) is 69.8 cm³/mol. The third kappa shape index (κ3) is 3.06. The van der Waals surface area contributed by atoms with E-state index in [0.29, 0.717) is 12.0 Å². The Morgan fingerprint density at radius 2 is 2.18 bits per heavy atom. The van der Waals surface area contributed by atoms with Crippen molar-refractivity contribution >= 4 is 0 Å². The first-order valence-corrected chi connectivity index (χ1v) is 6.70. The van der Waals surface area contributed by atoms with Gasteiger partial charge in [0.25, 0.3) is 0 Å². The zero-order valence-corrected chi connectivity index (χ0v) is 10.8. The van der Waals surface area contributed by atoms with Crippen molar-refractivity contribution in [3.8, 4) is 0 Å². The molecule has 1 aromatic rings. The van der Waals surface area contributed by atoms with Crippen LogP contribution in [-0.2, 0) is 0 Å². The second-order valence-electron chi connectivity index (χ2n) is 5.12. The van der Waals surface area contributed by atoms with Crippen molar-refractivity contribution in [2.45, 2.75) is 51.5 Å². The number of rotatable bonds is 3. The van der Waals surface area contributed by atoms with Gasteiger partial charge in [-0.2, -0.15) is 0 Å². The fourth-order valence-electron chi connectivity index (χ4n) is 3.00. The Kier molecular flexibility index (Phi) is 4.16. The maximum atomic E-state index is 13.3. The molecule has 2 unspecified atom stereocenters. The van der Waals surface area contributed by atoms with Crippen LogP contribution in [0.3, 0.4) is 0 Å². The highest BCUT2D eigenvalue weighted by atomic mass is 19.1. The highest BCUT2D eigenvalue weighted by Crippen LogP contribution is 2.34. The molecule has 1 aromatic carbocycles. The summed E-state index contributed by atoms with van der Waals surface area (Å²) in [5.41, 5.74) is 2.45. The van der Waals surface area contributed by atoms with E-state index in [1.165, 1.54) is 30.4 Å². The summed E-state index contributed by atoms with van der Waals surface area (Å²) < 4.78 is 13.3. The van der Waals surface area contributed by atoms with Crippen molar-refractivity contribution in [2.75, 3.05) is 6.54 Å². The Labute approximate surface area is 103 Å². The topological polar surface area (TPSA) is 12.0 Å². The standard InChI is InChI=1S/C15H22FN/c1-3-17-14-6-4-5-12(9-14)15-10-13(16)8-7-11(15)2/h7-8,10,12,14,17H,3-6,9H2,1-2H3. The monoisotopic (exact) mass is 235 g/mol. The largest absolute Gasteiger partial charge is 0.314 e. The molecule has 0 saturated heterocycles. The van der Waals surface area contributed by atoms with Gasteiger partial charge in [-0.15, -0.1) is 0 Å². The molecule has 1 saturated carbocycles. The van der Waals surface area contributed by atoms with Crippen LogP contribution >= 0.6 is 0 Å². The number of halogens is 1. The molecule has 0 heterocycles. The van der Waals surface area contributed by atoms with Crippen molar-refractivity contribution in [2.24, 2.45) is 0 Å². The molecule has 1 aliphatic rings. The lowest BCUT2D eigenvalue weighted by Crippen LogP contribution is -2.33. The van der Waals surface area contributed by atoms with Crippen molar-refractivity contribution in [3.63, 3.8) is 0 Å². The lowest BCUT2D eigenvalue weighted by atomic mass is 9.80. The molecule has 2 atom stereocenters. The second kappa shape index (κ2) is 5.63. The summed E-state index contributed by atoms with van der Waals surface area (Å²) in [4.78, 5) is 0. The van der Waals surface area contributed by atoms with Gasteiger partial charge in [0.2, 0.25) is 0 Å². The Bertz CT molecular complexity index is 373. The van der Waals surface area contributed by atoms with E-state index in [4.69, 9.17) is 0 Å². The molecule has 1 fully saturated rings. The molecule has 17 heavy (non-hydrogen) atoms. The van der Waals surface area contributed by atoms with Gasteiger partial charge in [-0.05, 0) is 61.9 Å². The van der Waals surface area contributed by atoms with Crippen LogP contribution < -0.4 is 5.32 Å². The SMILES string of the molecule is CCNC1CCCC(c2cc(F)ccc2C)C1. The fraction of sp³-hybridized carbons (Fsp3) is 0.600. The Hall–Kier alpha value is -0.890. The van der Waals surface area contributed by atoms with E-state index >= 15 is 0 Å². The normalized spacial score (nSPS) is 24.9. The number of aryl methyl sites for hydroxylation is 1. The van der Waals surface area contributed by atoms with E-state index in [1.807, 2.05) is 6.07 Å². The number of benzene rings is 1. The van der Waals surface area contributed by atoms with Gasteiger partial charge in [-0.3, -0.25) is 0 Å². The number of hydrogen-bond acceptors (Lipinski definition) is 1. The zero-order chi connectivity index (χ0) is 12.3. The highest BCUT2D eigenvalue weighted by molar-refractivity contribution is 5.30. The van der Waals surface area contributed by atoms with E-state index in [1.54, 1.807) is 12.1 Å². The lowest BCUT2D eigenvalue weighted by molar-refractivity contribution is 0.343. The average Bonchev–Trinajstić information content (AvgIpc) is 2.33. The second-order valence-corrected chi connectivity index (χ2v) is 5.12. The summed E-state index contributed by atoms with van der Waals surface area (Å²) in [6, 6.07) is 5.81. The fourth-order valence-corrected chi connectivity index (χ4v) is 3.00.